The third-order valence-corrected chi connectivity index (χ3v) is 3.63. The van der Waals surface area contributed by atoms with Crippen molar-refractivity contribution < 1.29 is 0 Å². The first-order valence-corrected chi connectivity index (χ1v) is 8.02. The highest BCUT2D eigenvalue weighted by Crippen LogP contribution is 2.21. The highest BCUT2D eigenvalue weighted by molar-refractivity contribution is 5.42. The second-order valence-electron chi connectivity index (χ2n) is 6.50. The first-order chi connectivity index (χ1) is 9.58. The Morgan fingerprint density at radius 2 is 2.10 bits per heavy atom. The van der Waals surface area contributed by atoms with Gasteiger partial charge in [-0.25, -0.2) is 4.98 Å². The molecular formula is C17H29N3. The van der Waals surface area contributed by atoms with Gasteiger partial charge >= 0.3 is 0 Å². The van der Waals surface area contributed by atoms with Crippen LogP contribution in [0.2, 0.25) is 0 Å². The number of pyridine rings is 1. The van der Waals surface area contributed by atoms with E-state index in [-0.39, 0.29) is 0 Å². The molecule has 0 saturated heterocycles. The second-order valence-corrected chi connectivity index (χ2v) is 6.50. The molecule has 0 bridgehead atoms. The van der Waals surface area contributed by atoms with Crippen LogP contribution in [0, 0.1) is 5.92 Å². The van der Waals surface area contributed by atoms with Gasteiger partial charge in [-0.15, -0.1) is 0 Å². The van der Waals surface area contributed by atoms with Gasteiger partial charge in [0.15, 0.2) is 0 Å². The van der Waals surface area contributed by atoms with E-state index in [4.69, 9.17) is 4.98 Å². The Kier molecular flexibility index (Phi) is 5.41. The number of aromatic nitrogens is 1. The summed E-state index contributed by atoms with van der Waals surface area (Å²) in [5, 5.41) is 3.60. The van der Waals surface area contributed by atoms with E-state index >= 15 is 0 Å². The molecule has 0 atom stereocenters. The molecule has 1 fully saturated rings. The Labute approximate surface area is 123 Å². The van der Waals surface area contributed by atoms with E-state index in [1.165, 1.54) is 24.1 Å². The average Bonchev–Trinajstić information content (AvgIpc) is 3.20. The minimum atomic E-state index is 0.657. The van der Waals surface area contributed by atoms with Gasteiger partial charge in [0.25, 0.3) is 0 Å². The molecule has 1 aliphatic carbocycles. The fourth-order valence-corrected chi connectivity index (χ4v) is 2.51. The number of nitrogens with one attached hydrogen (secondary N) is 1. The van der Waals surface area contributed by atoms with E-state index in [1.54, 1.807) is 0 Å². The Balaban J connectivity index is 2.10. The summed E-state index contributed by atoms with van der Waals surface area (Å²) in [5.41, 5.74) is 2.61. The third-order valence-electron chi connectivity index (χ3n) is 3.63. The molecule has 1 N–H and O–H groups in total. The lowest BCUT2D eigenvalue weighted by Crippen LogP contribution is -2.24. The van der Waals surface area contributed by atoms with Crippen LogP contribution in [0.25, 0.3) is 0 Å². The summed E-state index contributed by atoms with van der Waals surface area (Å²) in [5.74, 6) is 1.78. The van der Waals surface area contributed by atoms with Crippen molar-refractivity contribution in [3.63, 3.8) is 0 Å². The lowest BCUT2D eigenvalue weighted by Gasteiger charge is -2.22. The molecule has 0 unspecified atom stereocenters. The van der Waals surface area contributed by atoms with Gasteiger partial charge in [-0.2, -0.15) is 0 Å². The molecule has 3 nitrogen and oxygen atoms in total. The first kappa shape index (κ1) is 15.3. The molecular weight excluding hydrogens is 246 g/mol. The molecule has 2 rings (SSSR count). The summed E-state index contributed by atoms with van der Waals surface area (Å²) >= 11 is 0. The van der Waals surface area contributed by atoms with Gasteiger partial charge in [-0.1, -0.05) is 27.2 Å². The molecule has 3 heteroatoms. The number of rotatable bonds is 8. The van der Waals surface area contributed by atoms with Crippen LogP contribution in [-0.2, 0) is 13.0 Å². The van der Waals surface area contributed by atoms with Crippen molar-refractivity contribution in [2.75, 3.05) is 18.5 Å². The van der Waals surface area contributed by atoms with Crippen molar-refractivity contribution >= 4 is 5.82 Å². The van der Waals surface area contributed by atoms with E-state index < -0.39 is 0 Å². The van der Waals surface area contributed by atoms with Crippen molar-refractivity contribution in [2.45, 2.75) is 59.0 Å². The molecule has 0 amide bonds. The number of aryl methyl sites for hydroxylation is 1. The van der Waals surface area contributed by atoms with E-state index in [1.807, 2.05) is 0 Å². The predicted molar refractivity (Wildman–Crippen MR) is 86.2 cm³/mol. The smallest absolute Gasteiger partial charge is 0.128 e. The van der Waals surface area contributed by atoms with E-state index in [0.717, 1.165) is 37.8 Å². The molecule has 20 heavy (non-hydrogen) atoms. The molecule has 0 aliphatic heterocycles. The van der Waals surface area contributed by atoms with Gasteiger partial charge in [0.1, 0.15) is 5.82 Å². The van der Waals surface area contributed by atoms with Gasteiger partial charge in [0.05, 0.1) is 0 Å². The van der Waals surface area contributed by atoms with Crippen LogP contribution in [0.4, 0.5) is 5.82 Å². The SMILES string of the molecule is CCCc1cc(CNC2CC2)cc(N(C)CC(C)C)n1. The van der Waals surface area contributed by atoms with Crippen LogP contribution in [0.15, 0.2) is 12.1 Å². The van der Waals surface area contributed by atoms with E-state index in [9.17, 15) is 0 Å². The summed E-state index contributed by atoms with van der Waals surface area (Å²) in [6, 6.07) is 5.28. The normalized spacial score (nSPS) is 14.8. The zero-order chi connectivity index (χ0) is 14.5. The van der Waals surface area contributed by atoms with Crippen molar-refractivity contribution in [1.82, 2.24) is 10.3 Å². The maximum atomic E-state index is 4.82. The molecule has 112 valence electrons. The Morgan fingerprint density at radius 1 is 1.35 bits per heavy atom. The van der Waals surface area contributed by atoms with Gasteiger partial charge in [0, 0.05) is 31.9 Å². The quantitative estimate of drug-likeness (QED) is 0.788. The number of hydrogen-bond acceptors (Lipinski definition) is 3. The molecule has 1 saturated carbocycles. The van der Waals surface area contributed by atoms with Gasteiger partial charge in [0.2, 0.25) is 0 Å². The highest BCUT2D eigenvalue weighted by atomic mass is 15.2. The maximum Gasteiger partial charge on any atom is 0.128 e. The Bertz CT molecular complexity index is 424. The molecule has 1 heterocycles. The van der Waals surface area contributed by atoms with E-state index in [0.29, 0.717) is 5.92 Å². The van der Waals surface area contributed by atoms with Crippen molar-refractivity contribution in [3.05, 3.63) is 23.4 Å². The molecule has 0 aromatic carbocycles. The largest absolute Gasteiger partial charge is 0.359 e. The van der Waals surface area contributed by atoms with Crippen LogP contribution >= 0.6 is 0 Å². The average molecular weight is 275 g/mol. The molecule has 1 aromatic heterocycles. The fraction of sp³-hybridized carbons (Fsp3) is 0.706. The van der Waals surface area contributed by atoms with Gasteiger partial charge < -0.3 is 10.2 Å². The summed E-state index contributed by atoms with van der Waals surface area (Å²) < 4.78 is 0. The lowest BCUT2D eigenvalue weighted by molar-refractivity contribution is 0.632. The number of anilines is 1. The third kappa shape index (κ3) is 4.78. The van der Waals surface area contributed by atoms with Gasteiger partial charge in [-0.3, -0.25) is 0 Å². The summed E-state index contributed by atoms with van der Waals surface area (Å²) in [7, 11) is 2.15. The minimum Gasteiger partial charge on any atom is -0.359 e. The molecule has 0 radical (unpaired) electrons. The lowest BCUT2D eigenvalue weighted by atomic mass is 10.1. The molecule has 1 aromatic rings. The number of nitrogens with zero attached hydrogens (tertiary/aromatic N) is 2. The van der Waals surface area contributed by atoms with Crippen molar-refractivity contribution in [3.8, 4) is 0 Å². The monoisotopic (exact) mass is 275 g/mol. The molecule has 1 aliphatic rings. The Morgan fingerprint density at radius 3 is 2.70 bits per heavy atom. The van der Waals surface area contributed by atoms with Crippen molar-refractivity contribution in [2.24, 2.45) is 5.92 Å². The first-order valence-electron chi connectivity index (χ1n) is 8.02. The van der Waals surface area contributed by atoms with Crippen LogP contribution in [-0.4, -0.2) is 24.6 Å². The fourth-order valence-electron chi connectivity index (χ4n) is 2.51. The summed E-state index contributed by atoms with van der Waals surface area (Å²) in [4.78, 5) is 7.10. The Hall–Kier alpha value is -1.09. The van der Waals surface area contributed by atoms with E-state index in [2.05, 4.69) is 50.2 Å². The predicted octanol–water partition coefficient (Wildman–Crippen LogP) is 3.38. The number of hydrogen-bond donors (Lipinski definition) is 1. The maximum absolute atomic E-state index is 4.82. The van der Waals surface area contributed by atoms with Crippen LogP contribution in [0.5, 0.6) is 0 Å². The summed E-state index contributed by atoms with van der Waals surface area (Å²) in [6.45, 7) is 8.75. The zero-order valence-electron chi connectivity index (χ0n) is 13.4. The highest BCUT2D eigenvalue weighted by Gasteiger charge is 2.20. The zero-order valence-corrected chi connectivity index (χ0v) is 13.4. The van der Waals surface area contributed by atoms with Crippen LogP contribution < -0.4 is 10.2 Å². The van der Waals surface area contributed by atoms with Crippen LogP contribution in [0.1, 0.15) is 51.3 Å². The van der Waals surface area contributed by atoms with Gasteiger partial charge in [-0.05, 0) is 42.9 Å². The van der Waals surface area contributed by atoms with Crippen molar-refractivity contribution in [1.29, 1.82) is 0 Å². The second kappa shape index (κ2) is 7.07. The minimum absolute atomic E-state index is 0.657. The standard InChI is InChI=1S/C17H29N3/c1-5-6-16-9-14(11-18-15-7-8-15)10-17(19-16)20(4)12-13(2)3/h9-10,13,15,18H,5-8,11-12H2,1-4H3. The topological polar surface area (TPSA) is 28.2 Å². The van der Waals surface area contributed by atoms with Crippen LogP contribution in [0.3, 0.4) is 0 Å². The summed E-state index contributed by atoms with van der Waals surface area (Å²) in [6.07, 6.45) is 4.90. The molecule has 0 spiro atoms.